The molecule has 0 atom stereocenters. The fourth-order valence-corrected chi connectivity index (χ4v) is 3.86. The summed E-state index contributed by atoms with van der Waals surface area (Å²) >= 11 is 1.35. The van der Waals surface area contributed by atoms with E-state index in [0.29, 0.717) is 10.6 Å². The molecule has 0 aliphatic carbocycles. The minimum absolute atomic E-state index is 0.266. The minimum atomic E-state index is -4.30. The summed E-state index contributed by atoms with van der Waals surface area (Å²) in [4.78, 5) is 10.7. The highest BCUT2D eigenvalue weighted by atomic mass is 32.2. The van der Waals surface area contributed by atoms with E-state index in [4.69, 9.17) is 0 Å². The molecule has 8 heteroatoms. The van der Waals surface area contributed by atoms with Crippen molar-refractivity contribution in [1.82, 2.24) is 0 Å². The number of rotatable bonds is 7. The third-order valence-corrected chi connectivity index (χ3v) is 5.39. The minimum Gasteiger partial charge on any atom is -0.545 e. The summed E-state index contributed by atoms with van der Waals surface area (Å²) in [6.45, 7) is 3.59. The van der Waals surface area contributed by atoms with Crippen LogP contribution in [-0.4, -0.2) is 20.1 Å². The molecule has 0 amide bonds. The van der Waals surface area contributed by atoms with Crippen LogP contribution < -0.4 is 9.83 Å². The van der Waals surface area contributed by atoms with Gasteiger partial charge in [0, 0.05) is 10.6 Å². The average Bonchev–Trinajstić information content (AvgIpc) is 2.53. The van der Waals surface area contributed by atoms with Crippen LogP contribution >= 0.6 is 11.8 Å². The first-order chi connectivity index (χ1) is 11.3. The Labute approximate surface area is 143 Å². The number of aromatic carboxylic acids is 1. The Kier molecular flexibility index (Phi) is 5.63. The lowest BCUT2D eigenvalue weighted by molar-refractivity contribution is -0.255. The lowest BCUT2D eigenvalue weighted by atomic mass is 10.2. The normalized spacial score (nSPS) is 11.0. The highest BCUT2D eigenvalue weighted by molar-refractivity contribution is 7.99. The number of carbonyl (C=O) groups is 1. The third-order valence-electron chi connectivity index (χ3n) is 2.94. The van der Waals surface area contributed by atoms with Crippen molar-refractivity contribution >= 4 is 33.4 Å². The summed E-state index contributed by atoms with van der Waals surface area (Å²) in [6.07, 6.45) is 1.67. The SMILES string of the molecule is C=CCSc1ccccc1NS(=O)(=O)c1cc(C(=O)[O-])ccc1F. The maximum absolute atomic E-state index is 13.9. The summed E-state index contributed by atoms with van der Waals surface area (Å²) in [5.41, 5.74) is -0.159. The number of sulfonamides is 1. The van der Waals surface area contributed by atoms with Crippen molar-refractivity contribution in [3.63, 3.8) is 0 Å². The van der Waals surface area contributed by atoms with E-state index in [2.05, 4.69) is 11.3 Å². The number of para-hydroxylation sites is 1. The summed E-state index contributed by atoms with van der Waals surface area (Å²) in [5, 5.41) is 10.9. The summed E-state index contributed by atoms with van der Waals surface area (Å²) in [5.74, 6) is -2.08. The lowest BCUT2D eigenvalue weighted by Gasteiger charge is -2.13. The second-order valence-electron chi connectivity index (χ2n) is 4.63. The topological polar surface area (TPSA) is 86.3 Å². The summed E-state index contributed by atoms with van der Waals surface area (Å²) in [7, 11) is -4.30. The van der Waals surface area contributed by atoms with E-state index in [1.807, 2.05) is 0 Å². The Balaban J connectivity index is 2.41. The highest BCUT2D eigenvalue weighted by Gasteiger charge is 2.21. The lowest BCUT2D eigenvalue weighted by Crippen LogP contribution is -2.23. The first kappa shape index (κ1) is 18.0. The largest absolute Gasteiger partial charge is 0.545 e. The zero-order valence-corrected chi connectivity index (χ0v) is 14.0. The Bertz CT molecular complexity index is 881. The molecule has 0 bridgehead atoms. The molecule has 0 fully saturated rings. The smallest absolute Gasteiger partial charge is 0.264 e. The molecule has 2 aromatic carbocycles. The molecule has 24 heavy (non-hydrogen) atoms. The van der Waals surface area contributed by atoms with Crippen molar-refractivity contribution < 1.29 is 22.7 Å². The molecule has 0 spiro atoms. The van der Waals surface area contributed by atoms with Gasteiger partial charge in [-0.3, -0.25) is 4.72 Å². The van der Waals surface area contributed by atoms with Crippen LogP contribution in [0.25, 0.3) is 0 Å². The van der Waals surface area contributed by atoms with Gasteiger partial charge in [-0.25, -0.2) is 12.8 Å². The Morgan fingerprint density at radius 3 is 2.67 bits per heavy atom. The number of hydrogen-bond acceptors (Lipinski definition) is 5. The number of benzene rings is 2. The van der Waals surface area contributed by atoms with Crippen molar-refractivity contribution in [3.05, 3.63) is 66.5 Å². The molecule has 1 N–H and O–H groups in total. The molecule has 0 heterocycles. The van der Waals surface area contributed by atoms with Crippen molar-refractivity contribution in [2.75, 3.05) is 10.5 Å². The summed E-state index contributed by atoms with van der Waals surface area (Å²) in [6, 6.07) is 9.05. The number of nitrogens with one attached hydrogen (secondary N) is 1. The van der Waals surface area contributed by atoms with Crippen LogP contribution in [-0.2, 0) is 10.0 Å². The van der Waals surface area contributed by atoms with Gasteiger partial charge in [0.15, 0.2) is 0 Å². The van der Waals surface area contributed by atoms with E-state index in [9.17, 15) is 22.7 Å². The van der Waals surface area contributed by atoms with E-state index < -0.39 is 32.3 Å². The molecule has 2 aromatic rings. The molecule has 0 unspecified atom stereocenters. The quantitative estimate of drug-likeness (QED) is 0.600. The van der Waals surface area contributed by atoms with Crippen molar-refractivity contribution in [3.8, 4) is 0 Å². The van der Waals surface area contributed by atoms with E-state index in [-0.39, 0.29) is 5.69 Å². The zero-order chi connectivity index (χ0) is 17.7. The standard InChI is InChI=1S/C16H14FNO4S2/c1-2-9-23-14-6-4-3-5-13(14)18-24(21,22)15-10-11(16(19)20)7-8-12(15)17/h2-8,10,18H,1,9H2,(H,19,20)/p-1. The van der Waals surface area contributed by atoms with Crippen LogP contribution in [0.2, 0.25) is 0 Å². The fraction of sp³-hybridized carbons (Fsp3) is 0.0625. The van der Waals surface area contributed by atoms with Gasteiger partial charge < -0.3 is 9.90 Å². The van der Waals surface area contributed by atoms with Crippen LogP contribution in [0.4, 0.5) is 10.1 Å². The predicted molar refractivity (Wildman–Crippen MR) is 88.9 cm³/mol. The van der Waals surface area contributed by atoms with Crippen LogP contribution in [0.5, 0.6) is 0 Å². The van der Waals surface area contributed by atoms with Crippen molar-refractivity contribution in [2.24, 2.45) is 0 Å². The number of thioether (sulfide) groups is 1. The van der Waals surface area contributed by atoms with Gasteiger partial charge in [-0.2, -0.15) is 0 Å². The number of carboxylic acids is 1. The molecule has 0 radical (unpaired) electrons. The fourth-order valence-electron chi connectivity index (χ4n) is 1.86. The molecule has 0 aromatic heterocycles. The Morgan fingerprint density at radius 1 is 1.29 bits per heavy atom. The van der Waals surface area contributed by atoms with Crippen LogP contribution in [0, 0.1) is 5.82 Å². The monoisotopic (exact) mass is 366 g/mol. The third kappa shape index (κ3) is 4.15. The number of halogens is 1. The molecular weight excluding hydrogens is 353 g/mol. The predicted octanol–water partition coefficient (Wildman–Crippen LogP) is 2.27. The maximum atomic E-state index is 13.9. The van der Waals surface area contributed by atoms with Gasteiger partial charge in [-0.15, -0.1) is 18.3 Å². The van der Waals surface area contributed by atoms with Gasteiger partial charge in [0.05, 0.1) is 11.7 Å². The van der Waals surface area contributed by atoms with E-state index >= 15 is 0 Å². The number of hydrogen-bond donors (Lipinski definition) is 1. The Morgan fingerprint density at radius 2 is 2.00 bits per heavy atom. The van der Waals surface area contributed by atoms with E-state index in [1.165, 1.54) is 17.8 Å². The van der Waals surface area contributed by atoms with E-state index in [0.717, 1.165) is 18.2 Å². The molecule has 126 valence electrons. The molecule has 0 saturated carbocycles. The van der Waals surface area contributed by atoms with Crippen LogP contribution in [0.1, 0.15) is 10.4 Å². The van der Waals surface area contributed by atoms with Crippen LogP contribution in [0.3, 0.4) is 0 Å². The van der Waals surface area contributed by atoms with E-state index in [1.54, 1.807) is 24.3 Å². The molecule has 2 rings (SSSR count). The van der Waals surface area contributed by atoms with Crippen molar-refractivity contribution in [2.45, 2.75) is 9.79 Å². The van der Waals surface area contributed by atoms with Crippen LogP contribution in [0.15, 0.2) is 64.9 Å². The highest BCUT2D eigenvalue weighted by Crippen LogP contribution is 2.29. The molecular formula is C16H13FNO4S2-. The molecule has 0 aliphatic rings. The zero-order valence-electron chi connectivity index (χ0n) is 12.4. The number of carboxylic acid groups (broad SMARTS) is 1. The molecule has 0 aliphatic heterocycles. The van der Waals surface area contributed by atoms with Gasteiger partial charge in [0.25, 0.3) is 10.0 Å². The van der Waals surface area contributed by atoms with Gasteiger partial charge in [-0.1, -0.05) is 24.3 Å². The van der Waals surface area contributed by atoms with Gasteiger partial charge in [0.2, 0.25) is 0 Å². The number of carbonyl (C=O) groups excluding carboxylic acids is 1. The second-order valence-corrected chi connectivity index (χ2v) is 7.35. The van der Waals surface area contributed by atoms with Gasteiger partial charge in [-0.05, 0) is 29.8 Å². The average molecular weight is 366 g/mol. The maximum Gasteiger partial charge on any atom is 0.264 e. The van der Waals surface area contributed by atoms with Crippen molar-refractivity contribution in [1.29, 1.82) is 0 Å². The van der Waals surface area contributed by atoms with Gasteiger partial charge >= 0.3 is 0 Å². The number of anilines is 1. The second kappa shape index (κ2) is 7.50. The van der Waals surface area contributed by atoms with Gasteiger partial charge in [0.1, 0.15) is 10.7 Å². The molecule has 5 nitrogen and oxygen atoms in total. The Hall–Kier alpha value is -2.32. The first-order valence-corrected chi connectivity index (χ1v) is 9.18. The first-order valence-electron chi connectivity index (χ1n) is 6.71. The summed E-state index contributed by atoms with van der Waals surface area (Å²) < 4.78 is 41.0. The molecule has 0 saturated heterocycles.